The fourth-order valence-corrected chi connectivity index (χ4v) is 2.06. The molecule has 4 N–H and O–H groups in total. The van der Waals surface area contributed by atoms with Gasteiger partial charge in [-0.05, 0) is 17.9 Å². The summed E-state index contributed by atoms with van der Waals surface area (Å²) < 4.78 is 0. The van der Waals surface area contributed by atoms with E-state index in [4.69, 9.17) is 10.8 Å². The topological polar surface area (TPSA) is 109 Å². The minimum atomic E-state index is -1.17. The van der Waals surface area contributed by atoms with Gasteiger partial charge in [-0.1, -0.05) is 6.07 Å². The molecule has 1 atom stereocenters. The van der Waals surface area contributed by atoms with E-state index < -0.39 is 17.9 Å². The summed E-state index contributed by atoms with van der Waals surface area (Å²) in [5.74, 6) is -2.14. The zero-order valence-electron chi connectivity index (χ0n) is 9.59. The summed E-state index contributed by atoms with van der Waals surface area (Å²) in [4.78, 5) is 33.9. The molecule has 0 saturated heterocycles. The van der Waals surface area contributed by atoms with Gasteiger partial charge in [-0.3, -0.25) is 9.59 Å². The minimum Gasteiger partial charge on any atom is -0.480 e. The van der Waals surface area contributed by atoms with E-state index in [1.807, 2.05) is 11.4 Å². The number of carbonyl (C=O) groups is 3. The van der Waals surface area contributed by atoms with Gasteiger partial charge in [0.25, 0.3) is 0 Å². The quantitative estimate of drug-likeness (QED) is 0.654. The Kier molecular flexibility index (Phi) is 5.31. The summed E-state index contributed by atoms with van der Waals surface area (Å²) >= 11 is 1.42. The van der Waals surface area contributed by atoms with Gasteiger partial charge in [0.2, 0.25) is 11.8 Å². The zero-order valence-corrected chi connectivity index (χ0v) is 10.4. The summed E-state index contributed by atoms with van der Waals surface area (Å²) in [6.45, 7) is 0. The molecule has 7 heteroatoms. The Labute approximate surface area is 108 Å². The SMILES string of the molecule is NC(=O)CCC(NC(=O)Cc1cccs1)C(=O)O. The van der Waals surface area contributed by atoms with E-state index >= 15 is 0 Å². The molecule has 0 aromatic carbocycles. The molecule has 0 saturated carbocycles. The molecule has 1 aromatic rings. The number of aliphatic carboxylic acids is 1. The normalized spacial score (nSPS) is 11.8. The van der Waals surface area contributed by atoms with Crippen LogP contribution in [0, 0.1) is 0 Å². The predicted molar refractivity (Wildman–Crippen MR) is 66.0 cm³/mol. The van der Waals surface area contributed by atoms with Crippen LogP contribution >= 0.6 is 11.3 Å². The number of primary amides is 1. The number of carbonyl (C=O) groups excluding carboxylic acids is 2. The lowest BCUT2D eigenvalue weighted by atomic mass is 10.1. The molecular weight excluding hydrogens is 256 g/mol. The summed E-state index contributed by atoms with van der Waals surface area (Å²) in [5.41, 5.74) is 4.94. The number of thiophene rings is 1. The highest BCUT2D eigenvalue weighted by molar-refractivity contribution is 7.10. The molecule has 0 aliphatic rings. The van der Waals surface area contributed by atoms with Crippen molar-refractivity contribution in [2.75, 3.05) is 0 Å². The molecule has 0 fully saturated rings. The molecule has 0 aliphatic heterocycles. The van der Waals surface area contributed by atoms with Crippen LogP contribution in [-0.4, -0.2) is 28.9 Å². The van der Waals surface area contributed by atoms with Gasteiger partial charge in [0.1, 0.15) is 6.04 Å². The van der Waals surface area contributed by atoms with E-state index in [1.54, 1.807) is 6.07 Å². The van der Waals surface area contributed by atoms with Crippen molar-refractivity contribution in [3.63, 3.8) is 0 Å². The van der Waals surface area contributed by atoms with E-state index in [9.17, 15) is 14.4 Å². The van der Waals surface area contributed by atoms with Crippen LogP contribution in [0.4, 0.5) is 0 Å². The van der Waals surface area contributed by atoms with Crippen LogP contribution in [0.15, 0.2) is 17.5 Å². The molecule has 1 heterocycles. The van der Waals surface area contributed by atoms with Crippen LogP contribution in [0.3, 0.4) is 0 Å². The third-order valence-electron chi connectivity index (χ3n) is 2.23. The highest BCUT2D eigenvalue weighted by Gasteiger charge is 2.20. The number of hydrogen-bond acceptors (Lipinski definition) is 4. The number of amides is 2. The predicted octanol–water partition coefficient (Wildman–Crippen LogP) is 0.125. The first-order valence-electron chi connectivity index (χ1n) is 5.32. The first kappa shape index (κ1) is 14.2. The summed E-state index contributed by atoms with van der Waals surface area (Å²) in [7, 11) is 0. The average molecular weight is 270 g/mol. The van der Waals surface area contributed by atoms with E-state index in [0.29, 0.717) is 0 Å². The summed E-state index contributed by atoms with van der Waals surface area (Å²) in [6.07, 6.45) is 0.0646. The lowest BCUT2D eigenvalue weighted by Crippen LogP contribution is -2.42. The maximum absolute atomic E-state index is 11.6. The van der Waals surface area contributed by atoms with Gasteiger partial charge in [0.15, 0.2) is 0 Å². The van der Waals surface area contributed by atoms with Crippen LogP contribution in [0.25, 0.3) is 0 Å². The molecule has 1 unspecified atom stereocenters. The van der Waals surface area contributed by atoms with E-state index in [0.717, 1.165) is 4.88 Å². The Morgan fingerprint density at radius 1 is 1.44 bits per heavy atom. The number of rotatable bonds is 7. The summed E-state index contributed by atoms with van der Waals surface area (Å²) in [5, 5.41) is 13.1. The Morgan fingerprint density at radius 3 is 2.67 bits per heavy atom. The average Bonchev–Trinajstić information content (AvgIpc) is 2.76. The van der Waals surface area contributed by atoms with Gasteiger partial charge in [-0.25, -0.2) is 4.79 Å². The van der Waals surface area contributed by atoms with Crippen molar-refractivity contribution >= 4 is 29.1 Å². The molecule has 0 spiro atoms. The van der Waals surface area contributed by atoms with Crippen molar-refractivity contribution in [2.45, 2.75) is 25.3 Å². The molecule has 0 bridgehead atoms. The van der Waals surface area contributed by atoms with Crippen molar-refractivity contribution in [3.05, 3.63) is 22.4 Å². The number of hydrogen-bond donors (Lipinski definition) is 3. The van der Waals surface area contributed by atoms with E-state index in [-0.39, 0.29) is 25.2 Å². The van der Waals surface area contributed by atoms with Crippen molar-refractivity contribution in [2.24, 2.45) is 5.73 Å². The first-order chi connectivity index (χ1) is 8.49. The van der Waals surface area contributed by atoms with Crippen LogP contribution in [-0.2, 0) is 20.8 Å². The van der Waals surface area contributed by atoms with Crippen molar-refractivity contribution in [1.29, 1.82) is 0 Å². The Hall–Kier alpha value is -1.89. The van der Waals surface area contributed by atoms with Gasteiger partial charge in [0, 0.05) is 11.3 Å². The molecule has 0 aliphatic carbocycles. The van der Waals surface area contributed by atoms with E-state index in [1.165, 1.54) is 11.3 Å². The smallest absolute Gasteiger partial charge is 0.326 e. The van der Waals surface area contributed by atoms with Crippen LogP contribution in [0.2, 0.25) is 0 Å². The third-order valence-corrected chi connectivity index (χ3v) is 3.10. The van der Waals surface area contributed by atoms with Gasteiger partial charge >= 0.3 is 5.97 Å². The Balaban J connectivity index is 2.47. The van der Waals surface area contributed by atoms with Gasteiger partial charge in [-0.15, -0.1) is 11.3 Å². The number of nitrogens with one attached hydrogen (secondary N) is 1. The van der Waals surface area contributed by atoms with Crippen LogP contribution in [0.1, 0.15) is 17.7 Å². The maximum atomic E-state index is 11.6. The fourth-order valence-electron chi connectivity index (χ4n) is 1.36. The monoisotopic (exact) mass is 270 g/mol. The number of nitrogens with two attached hydrogens (primary N) is 1. The zero-order chi connectivity index (χ0) is 13.5. The second-order valence-corrected chi connectivity index (χ2v) is 4.75. The standard InChI is InChI=1S/C11H14N2O4S/c12-9(14)4-3-8(11(16)17)13-10(15)6-7-2-1-5-18-7/h1-2,5,8H,3-4,6H2,(H2,12,14)(H,13,15)(H,16,17). The Bertz CT molecular complexity index is 430. The molecule has 1 aromatic heterocycles. The fraction of sp³-hybridized carbons (Fsp3) is 0.364. The molecule has 1 rings (SSSR count). The largest absolute Gasteiger partial charge is 0.480 e. The molecule has 98 valence electrons. The number of carboxylic acids is 1. The van der Waals surface area contributed by atoms with Crippen molar-refractivity contribution in [1.82, 2.24) is 5.32 Å². The van der Waals surface area contributed by atoms with Gasteiger partial charge < -0.3 is 16.2 Å². The second kappa shape index (κ2) is 6.75. The summed E-state index contributed by atoms with van der Waals surface area (Å²) in [6, 6.07) is 2.53. The van der Waals surface area contributed by atoms with Gasteiger partial charge in [0.05, 0.1) is 6.42 Å². The van der Waals surface area contributed by atoms with Crippen LogP contribution in [0.5, 0.6) is 0 Å². The number of carboxylic acid groups (broad SMARTS) is 1. The van der Waals surface area contributed by atoms with E-state index in [2.05, 4.69) is 5.32 Å². The highest BCUT2D eigenvalue weighted by Crippen LogP contribution is 2.09. The first-order valence-corrected chi connectivity index (χ1v) is 6.20. The molecule has 18 heavy (non-hydrogen) atoms. The molecule has 2 amide bonds. The third kappa shape index (κ3) is 4.96. The molecule has 0 radical (unpaired) electrons. The van der Waals surface area contributed by atoms with Crippen LogP contribution < -0.4 is 11.1 Å². The second-order valence-electron chi connectivity index (χ2n) is 3.72. The highest BCUT2D eigenvalue weighted by atomic mass is 32.1. The minimum absolute atomic E-state index is 0.000840. The molecular formula is C11H14N2O4S. The molecule has 6 nitrogen and oxygen atoms in total. The lowest BCUT2D eigenvalue weighted by Gasteiger charge is -2.13. The van der Waals surface area contributed by atoms with Crippen molar-refractivity contribution in [3.8, 4) is 0 Å². The van der Waals surface area contributed by atoms with Gasteiger partial charge in [-0.2, -0.15) is 0 Å². The van der Waals surface area contributed by atoms with Crippen molar-refractivity contribution < 1.29 is 19.5 Å². The Morgan fingerprint density at radius 2 is 2.17 bits per heavy atom. The maximum Gasteiger partial charge on any atom is 0.326 e. The lowest BCUT2D eigenvalue weighted by molar-refractivity contribution is -0.142.